The van der Waals surface area contributed by atoms with Crippen LogP contribution in [-0.4, -0.2) is 17.3 Å². The zero-order valence-electron chi connectivity index (χ0n) is 13.8. The van der Waals surface area contributed by atoms with Crippen LogP contribution in [0.5, 0.6) is 0 Å². The summed E-state index contributed by atoms with van der Waals surface area (Å²) in [6, 6.07) is 0.338. The number of halogens is 1. The van der Waals surface area contributed by atoms with Crippen molar-refractivity contribution >= 4 is 21.8 Å². The maximum Gasteiger partial charge on any atom is 0.226 e. The van der Waals surface area contributed by atoms with E-state index in [0.717, 1.165) is 43.4 Å². The molecule has 0 radical (unpaired) electrons. The average Bonchev–Trinajstić information content (AvgIpc) is 2.33. The Bertz CT molecular complexity index is 417. The van der Waals surface area contributed by atoms with Crippen LogP contribution in [0.4, 0.5) is 0 Å². The Balaban J connectivity index is 1.79. The quantitative estimate of drug-likeness (QED) is 0.713. The van der Waals surface area contributed by atoms with Crippen molar-refractivity contribution in [1.82, 2.24) is 5.32 Å². The molecule has 2 nitrogen and oxygen atoms in total. The van der Waals surface area contributed by atoms with E-state index >= 15 is 0 Å². The molecule has 3 atom stereocenters. The Morgan fingerprint density at radius 2 is 1.81 bits per heavy atom. The number of carbonyl (C=O) groups excluding carboxylic acids is 1. The lowest BCUT2D eigenvalue weighted by Crippen LogP contribution is -2.60. The Morgan fingerprint density at radius 1 is 1.19 bits per heavy atom. The second-order valence-electron chi connectivity index (χ2n) is 8.97. The number of rotatable bonds is 5. The van der Waals surface area contributed by atoms with Crippen LogP contribution in [0.15, 0.2) is 0 Å². The predicted octanol–water partition coefficient (Wildman–Crippen LogP) is 4.66. The van der Waals surface area contributed by atoms with Gasteiger partial charge in [0.15, 0.2) is 0 Å². The first-order valence-electron chi connectivity index (χ1n) is 8.69. The summed E-state index contributed by atoms with van der Waals surface area (Å²) in [4.78, 5) is 13.1. The van der Waals surface area contributed by atoms with E-state index in [-0.39, 0.29) is 5.41 Å². The Hall–Kier alpha value is -0.0500. The van der Waals surface area contributed by atoms with Gasteiger partial charge in [-0.25, -0.2) is 0 Å². The number of hydrogen-bond acceptors (Lipinski definition) is 1. The summed E-state index contributed by atoms with van der Waals surface area (Å²) >= 11 is 3.51. The van der Waals surface area contributed by atoms with Crippen molar-refractivity contribution in [2.75, 3.05) is 5.33 Å². The molecule has 4 aliphatic carbocycles. The van der Waals surface area contributed by atoms with Crippen molar-refractivity contribution in [2.24, 2.45) is 22.2 Å². The molecule has 3 heteroatoms. The maximum atomic E-state index is 13.1. The highest BCUT2D eigenvalue weighted by Gasteiger charge is 2.62. The average molecular weight is 356 g/mol. The third kappa shape index (κ3) is 2.80. The predicted molar refractivity (Wildman–Crippen MR) is 90.5 cm³/mol. The zero-order valence-corrected chi connectivity index (χ0v) is 15.4. The summed E-state index contributed by atoms with van der Waals surface area (Å²) in [7, 11) is 0. The van der Waals surface area contributed by atoms with Gasteiger partial charge < -0.3 is 5.32 Å². The number of hydrogen-bond donors (Lipinski definition) is 1. The Labute approximate surface area is 138 Å². The van der Waals surface area contributed by atoms with Crippen molar-refractivity contribution in [1.29, 1.82) is 0 Å². The van der Waals surface area contributed by atoms with Gasteiger partial charge in [0.1, 0.15) is 0 Å². The molecule has 21 heavy (non-hydrogen) atoms. The topological polar surface area (TPSA) is 29.1 Å². The molecular formula is C18H30BrNO. The van der Waals surface area contributed by atoms with Gasteiger partial charge in [0.2, 0.25) is 5.91 Å². The lowest BCUT2D eigenvalue weighted by molar-refractivity contribution is -0.170. The molecule has 0 spiro atoms. The third-order valence-electron chi connectivity index (χ3n) is 6.39. The molecule has 0 aromatic carbocycles. The molecule has 1 amide bonds. The molecule has 4 rings (SSSR count). The normalized spacial score (nSPS) is 45.6. The molecule has 4 bridgehead atoms. The first-order chi connectivity index (χ1) is 9.82. The fourth-order valence-corrected chi connectivity index (χ4v) is 7.10. The molecule has 0 aromatic heterocycles. The van der Waals surface area contributed by atoms with Gasteiger partial charge >= 0.3 is 0 Å². The van der Waals surface area contributed by atoms with Gasteiger partial charge in [-0.05, 0) is 68.1 Å². The van der Waals surface area contributed by atoms with Gasteiger partial charge in [-0.15, -0.1) is 0 Å². The highest BCUT2D eigenvalue weighted by molar-refractivity contribution is 9.09. The van der Waals surface area contributed by atoms with Crippen LogP contribution in [0, 0.1) is 22.2 Å². The van der Waals surface area contributed by atoms with Crippen molar-refractivity contribution in [3.8, 4) is 0 Å². The first-order valence-corrected chi connectivity index (χ1v) is 9.81. The molecule has 4 aliphatic rings. The Morgan fingerprint density at radius 3 is 2.29 bits per heavy atom. The van der Waals surface area contributed by atoms with Gasteiger partial charge in [-0.2, -0.15) is 0 Å². The summed E-state index contributed by atoms with van der Waals surface area (Å²) in [6.07, 6.45) is 9.53. The second kappa shape index (κ2) is 5.25. The van der Waals surface area contributed by atoms with Crippen LogP contribution in [0.25, 0.3) is 0 Å². The maximum absolute atomic E-state index is 13.1. The van der Waals surface area contributed by atoms with E-state index in [4.69, 9.17) is 0 Å². The molecule has 0 aromatic rings. The van der Waals surface area contributed by atoms with Crippen LogP contribution in [0.1, 0.15) is 72.1 Å². The first kappa shape index (κ1) is 15.8. The number of alkyl halides is 1. The van der Waals surface area contributed by atoms with Crippen LogP contribution >= 0.6 is 15.9 Å². The molecule has 4 fully saturated rings. The Kier molecular flexibility index (Phi) is 3.96. The molecular weight excluding hydrogens is 326 g/mol. The van der Waals surface area contributed by atoms with E-state index < -0.39 is 0 Å². The van der Waals surface area contributed by atoms with E-state index in [9.17, 15) is 4.79 Å². The summed E-state index contributed by atoms with van der Waals surface area (Å²) in [5, 5.41) is 4.36. The minimum Gasteiger partial charge on any atom is -0.353 e. The molecule has 0 aliphatic heterocycles. The summed E-state index contributed by atoms with van der Waals surface area (Å²) in [5.41, 5.74) is 0.786. The standard InChI is InChI=1S/C18H30BrNO/c1-4-14(5-6-19)20-15(21)18-9-13-7-16(2,11-18)10-17(3,8-13)12-18/h13-14H,4-12H2,1-3H3,(H,20,21). The van der Waals surface area contributed by atoms with Gasteiger partial charge in [0.05, 0.1) is 5.41 Å². The van der Waals surface area contributed by atoms with E-state index in [1.165, 1.54) is 19.3 Å². The van der Waals surface area contributed by atoms with Crippen LogP contribution < -0.4 is 5.32 Å². The fraction of sp³-hybridized carbons (Fsp3) is 0.944. The monoisotopic (exact) mass is 355 g/mol. The summed E-state index contributed by atoms with van der Waals surface area (Å²) in [5.74, 6) is 1.16. The van der Waals surface area contributed by atoms with E-state index in [0.29, 0.717) is 22.8 Å². The van der Waals surface area contributed by atoms with Crippen LogP contribution in [0.2, 0.25) is 0 Å². The highest BCUT2D eigenvalue weighted by atomic mass is 79.9. The molecule has 1 N–H and O–H groups in total. The molecule has 3 unspecified atom stereocenters. The number of carbonyl (C=O) groups is 1. The smallest absolute Gasteiger partial charge is 0.226 e. The van der Waals surface area contributed by atoms with Gasteiger partial charge in [-0.1, -0.05) is 36.7 Å². The van der Waals surface area contributed by atoms with Gasteiger partial charge in [0, 0.05) is 11.4 Å². The van der Waals surface area contributed by atoms with Gasteiger partial charge in [-0.3, -0.25) is 4.79 Å². The minimum atomic E-state index is -0.0529. The lowest BCUT2D eigenvalue weighted by Gasteiger charge is -2.64. The number of nitrogens with one attached hydrogen (secondary N) is 1. The van der Waals surface area contributed by atoms with E-state index in [1.807, 2.05) is 0 Å². The molecule has 4 saturated carbocycles. The fourth-order valence-electron chi connectivity index (χ4n) is 6.55. The van der Waals surface area contributed by atoms with Crippen LogP contribution in [-0.2, 0) is 4.79 Å². The lowest BCUT2D eigenvalue weighted by atomic mass is 9.40. The highest BCUT2D eigenvalue weighted by Crippen LogP contribution is 2.69. The van der Waals surface area contributed by atoms with Crippen LogP contribution in [0.3, 0.4) is 0 Å². The van der Waals surface area contributed by atoms with Crippen molar-refractivity contribution in [3.63, 3.8) is 0 Å². The zero-order chi connectivity index (χ0) is 15.3. The molecule has 0 heterocycles. The van der Waals surface area contributed by atoms with Crippen molar-refractivity contribution in [3.05, 3.63) is 0 Å². The van der Waals surface area contributed by atoms with E-state index in [1.54, 1.807) is 0 Å². The largest absolute Gasteiger partial charge is 0.353 e. The summed E-state index contributed by atoms with van der Waals surface area (Å²) < 4.78 is 0. The van der Waals surface area contributed by atoms with Gasteiger partial charge in [0.25, 0.3) is 0 Å². The van der Waals surface area contributed by atoms with Crippen molar-refractivity contribution in [2.45, 2.75) is 78.2 Å². The molecule has 120 valence electrons. The summed E-state index contributed by atoms with van der Waals surface area (Å²) in [6.45, 7) is 7.05. The van der Waals surface area contributed by atoms with E-state index in [2.05, 4.69) is 42.0 Å². The minimum absolute atomic E-state index is 0.0529. The number of amides is 1. The molecule has 0 saturated heterocycles. The second-order valence-corrected chi connectivity index (χ2v) is 9.76. The third-order valence-corrected chi connectivity index (χ3v) is 6.85. The SMILES string of the molecule is CCC(CCBr)NC(=O)C12CC3CC(C)(CC(C)(C3)C1)C2. The van der Waals surface area contributed by atoms with Crippen molar-refractivity contribution < 1.29 is 4.79 Å².